The molecule has 0 aliphatic carbocycles. The third-order valence-electron chi connectivity index (χ3n) is 3.98. The van der Waals surface area contributed by atoms with Crippen LogP contribution in [0.2, 0.25) is 0 Å². The molecule has 2 saturated heterocycles. The minimum Gasteiger partial charge on any atom is -0.339 e. The van der Waals surface area contributed by atoms with Crippen LogP contribution in [0.25, 0.3) is 0 Å². The van der Waals surface area contributed by atoms with Gasteiger partial charge in [-0.05, 0) is 7.05 Å². The van der Waals surface area contributed by atoms with Crippen LogP contribution in [0.5, 0.6) is 0 Å². The van der Waals surface area contributed by atoms with E-state index in [1.807, 2.05) is 0 Å². The van der Waals surface area contributed by atoms with E-state index in [4.69, 9.17) is 0 Å². The number of hydrogen-bond donors (Lipinski definition) is 0. The van der Waals surface area contributed by atoms with E-state index in [0.29, 0.717) is 26.2 Å². The number of sulfone groups is 1. The fraction of sp³-hybridized carbons (Fsp3) is 0.833. The summed E-state index contributed by atoms with van der Waals surface area (Å²) >= 11 is 0. The molecule has 0 N–H and O–H groups in total. The summed E-state index contributed by atoms with van der Waals surface area (Å²) in [5.74, 6) is 0.331. The highest BCUT2D eigenvalue weighted by Crippen LogP contribution is 2.16. The van der Waals surface area contributed by atoms with Gasteiger partial charge in [-0.2, -0.15) is 0 Å². The minimum absolute atomic E-state index is 0.000000000000000444. The smallest absolute Gasteiger partial charge is 0.236 e. The number of rotatable bonds is 3. The average molecular weight is 303 g/mol. The zero-order chi connectivity index (χ0) is 14.9. The molecule has 0 bridgehead atoms. The van der Waals surface area contributed by atoms with Gasteiger partial charge in [0.1, 0.15) is 0 Å². The maximum Gasteiger partial charge on any atom is 0.236 e. The summed E-state index contributed by atoms with van der Waals surface area (Å²) in [6, 6.07) is -0.0394. The first-order valence-electron chi connectivity index (χ1n) is 6.72. The number of carbonyl (C=O) groups is 2. The Morgan fingerprint density at radius 2 is 1.60 bits per heavy atom. The molecule has 114 valence electrons. The van der Waals surface area contributed by atoms with Crippen molar-refractivity contribution in [3.63, 3.8) is 0 Å². The lowest BCUT2D eigenvalue weighted by Crippen LogP contribution is -2.56. The van der Waals surface area contributed by atoms with Crippen LogP contribution < -0.4 is 0 Å². The first kappa shape index (κ1) is 15.2. The molecule has 2 fully saturated rings. The second-order valence-electron chi connectivity index (χ2n) is 5.53. The van der Waals surface area contributed by atoms with Gasteiger partial charge in [-0.25, -0.2) is 8.42 Å². The van der Waals surface area contributed by atoms with Gasteiger partial charge in [0.25, 0.3) is 0 Å². The van der Waals surface area contributed by atoms with E-state index in [-0.39, 0.29) is 35.9 Å². The van der Waals surface area contributed by atoms with Crippen LogP contribution >= 0.6 is 0 Å². The topological polar surface area (TPSA) is 78.0 Å². The molecule has 2 aliphatic rings. The molecule has 7 nitrogen and oxygen atoms in total. The van der Waals surface area contributed by atoms with Crippen molar-refractivity contribution in [3.8, 4) is 0 Å². The number of hydrogen-bond acceptors (Lipinski definition) is 5. The van der Waals surface area contributed by atoms with Crippen molar-refractivity contribution in [2.75, 3.05) is 51.3 Å². The van der Waals surface area contributed by atoms with Crippen molar-refractivity contribution in [1.29, 1.82) is 0 Å². The molecule has 0 atom stereocenters. The molecule has 0 spiro atoms. The predicted molar refractivity (Wildman–Crippen MR) is 73.9 cm³/mol. The summed E-state index contributed by atoms with van der Waals surface area (Å²) in [7, 11) is -1.08. The van der Waals surface area contributed by atoms with E-state index in [1.54, 1.807) is 21.7 Å². The monoisotopic (exact) mass is 303 g/mol. The molecule has 2 heterocycles. The van der Waals surface area contributed by atoms with Gasteiger partial charge in [-0.15, -0.1) is 0 Å². The molecule has 0 radical (unpaired) electrons. The second kappa shape index (κ2) is 5.69. The Bertz CT molecular complexity index is 485. The number of likely N-dealkylation sites (N-methyl/N-ethyl adjacent to an activating group) is 1. The van der Waals surface area contributed by atoms with Crippen LogP contribution in [-0.2, 0) is 19.4 Å². The molecule has 0 saturated carbocycles. The van der Waals surface area contributed by atoms with E-state index in [1.165, 1.54) is 6.92 Å². The van der Waals surface area contributed by atoms with Crippen LogP contribution in [0.4, 0.5) is 0 Å². The Labute approximate surface area is 119 Å². The Balaban J connectivity index is 1.77. The lowest BCUT2D eigenvalue weighted by atomic mass is 10.2. The van der Waals surface area contributed by atoms with E-state index in [9.17, 15) is 18.0 Å². The van der Waals surface area contributed by atoms with Crippen LogP contribution in [0.1, 0.15) is 6.92 Å². The molecule has 0 unspecified atom stereocenters. The second-order valence-corrected chi connectivity index (χ2v) is 7.69. The van der Waals surface area contributed by atoms with Crippen LogP contribution in [0.15, 0.2) is 0 Å². The molecular formula is C12H21N3O4S. The summed E-state index contributed by atoms with van der Waals surface area (Å²) in [5.41, 5.74) is 0. The first-order valence-corrected chi connectivity index (χ1v) is 8.54. The first-order chi connectivity index (χ1) is 9.28. The molecule has 0 aromatic carbocycles. The third-order valence-corrected chi connectivity index (χ3v) is 5.76. The number of nitrogens with zero attached hydrogens (tertiary/aromatic N) is 3. The Morgan fingerprint density at radius 3 is 2.05 bits per heavy atom. The third kappa shape index (κ3) is 3.49. The number of carbonyl (C=O) groups excluding carboxylic acids is 2. The van der Waals surface area contributed by atoms with Gasteiger partial charge in [0.2, 0.25) is 11.8 Å². The molecular weight excluding hydrogens is 282 g/mol. The fourth-order valence-electron chi connectivity index (χ4n) is 2.51. The van der Waals surface area contributed by atoms with Gasteiger partial charge < -0.3 is 9.80 Å². The van der Waals surface area contributed by atoms with Crippen molar-refractivity contribution >= 4 is 21.7 Å². The van der Waals surface area contributed by atoms with Crippen molar-refractivity contribution in [1.82, 2.24) is 14.7 Å². The molecule has 0 aromatic heterocycles. The maximum absolute atomic E-state index is 12.1. The molecule has 0 aromatic rings. The highest BCUT2D eigenvalue weighted by atomic mass is 32.2. The van der Waals surface area contributed by atoms with Gasteiger partial charge >= 0.3 is 0 Å². The van der Waals surface area contributed by atoms with E-state index < -0.39 is 9.84 Å². The summed E-state index contributed by atoms with van der Waals surface area (Å²) < 4.78 is 22.3. The number of amides is 2. The van der Waals surface area contributed by atoms with Gasteiger partial charge in [0.05, 0.1) is 18.1 Å². The Kier molecular flexibility index (Phi) is 4.33. The Hall–Kier alpha value is -1.15. The number of piperazine rings is 1. The highest BCUT2D eigenvalue weighted by Gasteiger charge is 2.37. The molecule has 2 amide bonds. The lowest BCUT2D eigenvalue weighted by molar-refractivity contribution is -0.139. The zero-order valence-electron chi connectivity index (χ0n) is 11.9. The average Bonchev–Trinajstić information content (AvgIpc) is 2.35. The quantitative estimate of drug-likeness (QED) is 0.628. The largest absolute Gasteiger partial charge is 0.339 e. The predicted octanol–water partition coefficient (Wildman–Crippen LogP) is -1.59. The van der Waals surface area contributed by atoms with Crippen molar-refractivity contribution in [2.45, 2.75) is 13.0 Å². The summed E-state index contributed by atoms with van der Waals surface area (Å²) in [5, 5.41) is 0. The standard InChI is InChI=1S/C12H21N3O4S/c1-10(16)14-3-5-15(6-4-14)12(17)7-13(2)11-8-20(18,19)9-11/h11H,3-9H2,1-2H3. The summed E-state index contributed by atoms with van der Waals surface area (Å²) in [4.78, 5) is 28.6. The molecule has 2 rings (SSSR count). The lowest BCUT2D eigenvalue weighted by Gasteiger charge is -2.37. The molecule has 2 aliphatic heterocycles. The van der Waals surface area contributed by atoms with E-state index in [2.05, 4.69) is 0 Å². The summed E-state index contributed by atoms with van der Waals surface area (Å²) in [6.45, 7) is 4.01. The van der Waals surface area contributed by atoms with Crippen molar-refractivity contribution in [3.05, 3.63) is 0 Å². The van der Waals surface area contributed by atoms with Crippen molar-refractivity contribution in [2.24, 2.45) is 0 Å². The van der Waals surface area contributed by atoms with Gasteiger partial charge in [-0.1, -0.05) is 0 Å². The minimum atomic E-state index is -2.86. The zero-order valence-corrected chi connectivity index (χ0v) is 12.7. The maximum atomic E-state index is 12.1. The highest BCUT2D eigenvalue weighted by molar-refractivity contribution is 7.92. The van der Waals surface area contributed by atoms with Gasteiger partial charge in [0, 0.05) is 39.1 Å². The normalized spacial score (nSPS) is 22.8. The molecule has 20 heavy (non-hydrogen) atoms. The summed E-state index contributed by atoms with van der Waals surface area (Å²) in [6.07, 6.45) is 0. The van der Waals surface area contributed by atoms with Gasteiger partial charge in [0.15, 0.2) is 9.84 Å². The van der Waals surface area contributed by atoms with Crippen LogP contribution in [0.3, 0.4) is 0 Å². The Morgan fingerprint density at radius 1 is 1.10 bits per heavy atom. The van der Waals surface area contributed by atoms with Crippen LogP contribution in [0, 0.1) is 0 Å². The fourth-order valence-corrected chi connectivity index (χ4v) is 4.09. The van der Waals surface area contributed by atoms with E-state index >= 15 is 0 Å². The van der Waals surface area contributed by atoms with E-state index in [0.717, 1.165) is 0 Å². The van der Waals surface area contributed by atoms with Gasteiger partial charge in [-0.3, -0.25) is 14.5 Å². The van der Waals surface area contributed by atoms with Crippen LogP contribution in [-0.4, -0.2) is 92.3 Å². The SMILES string of the molecule is CC(=O)N1CCN(C(=O)CN(C)C2CS(=O)(=O)C2)CC1. The molecule has 8 heteroatoms. The van der Waals surface area contributed by atoms with Crippen molar-refractivity contribution < 1.29 is 18.0 Å².